The molecular formula is C12H17N3. The van der Waals surface area contributed by atoms with Gasteiger partial charge in [-0.15, -0.1) is 0 Å². The highest BCUT2D eigenvalue weighted by atomic mass is 15.2. The van der Waals surface area contributed by atoms with Crippen molar-refractivity contribution in [3.8, 4) is 0 Å². The summed E-state index contributed by atoms with van der Waals surface area (Å²) in [4.78, 5) is 4.27. The van der Waals surface area contributed by atoms with Crippen LogP contribution in [0.2, 0.25) is 0 Å². The molecule has 0 saturated heterocycles. The average Bonchev–Trinajstić information content (AvgIpc) is 2.63. The van der Waals surface area contributed by atoms with Crippen molar-refractivity contribution in [2.24, 2.45) is 16.6 Å². The second-order valence-corrected chi connectivity index (χ2v) is 4.32. The molecule has 1 aliphatic heterocycles. The van der Waals surface area contributed by atoms with Crippen LogP contribution in [0.1, 0.15) is 19.4 Å². The number of nitrogens with one attached hydrogen (secondary N) is 1. The first-order valence-corrected chi connectivity index (χ1v) is 5.29. The van der Waals surface area contributed by atoms with Crippen LogP contribution in [0.25, 0.3) is 0 Å². The van der Waals surface area contributed by atoms with Crippen molar-refractivity contribution < 1.29 is 0 Å². The maximum Gasteiger partial charge on any atom is 0.189 e. The van der Waals surface area contributed by atoms with Crippen LogP contribution in [0, 0.1) is 5.92 Å². The van der Waals surface area contributed by atoms with Gasteiger partial charge in [0.2, 0.25) is 0 Å². The van der Waals surface area contributed by atoms with Crippen LogP contribution >= 0.6 is 0 Å². The van der Waals surface area contributed by atoms with Gasteiger partial charge in [-0.25, -0.2) is 0 Å². The summed E-state index contributed by atoms with van der Waals surface area (Å²) in [6.45, 7) is 5.10. The lowest BCUT2D eigenvalue weighted by Crippen LogP contribution is -2.49. The van der Waals surface area contributed by atoms with E-state index in [9.17, 15) is 0 Å². The molecule has 15 heavy (non-hydrogen) atoms. The summed E-state index contributed by atoms with van der Waals surface area (Å²) >= 11 is 0. The van der Waals surface area contributed by atoms with Gasteiger partial charge in [-0.2, -0.15) is 0 Å². The molecule has 1 unspecified atom stereocenters. The van der Waals surface area contributed by atoms with E-state index in [2.05, 4.69) is 48.4 Å². The zero-order valence-corrected chi connectivity index (χ0v) is 9.20. The molecule has 1 heterocycles. The third-order valence-corrected chi connectivity index (χ3v) is 3.12. The molecule has 0 amide bonds. The van der Waals surface area contributed by atoms with Crippen molar-refractivity contribution in [3.63, 3.8) is 0 Å². The zero-order chi connectivity index (χ0) is 10.9. The van der Waals surface area contributed by atoms with E-state index in [1.54, 1.807) is 0 Å². The summed E-state index contributed by atoms with van der Waals surface area (Å²) in [5, 5.41) is 3.31. The van der Waals surface area contributed by atoms with Crippen molar-refractivity contribution in [1.82, 2.24) is 5.32 Å². The molecule has 3 nitrogen and oxygen atoms in total. The topological polar surface area (TPSA) is 50.4 Å². The van der Waals surface area contributed by atoms with E-state index in [0.717, 1.165) is 6.54 Å². The van der Waals surface area contributed by atoms with Gasteiger partial charge in [0.15, 0.2) is 5.96 Å². The molecule has 1 aromatic carbocycles. The normalized spacial score (nSPS) is 25.1. The van der Waals surface area contributed by atoms with Gasteiger partial charge in [0.05, 0.1) is 12.1 Å². The van der Waals surface area contributed by atoms with E-state index < -0.39 is 0 Å². The molecule has 1 atom stereocenters. The Hall–Kier alpha value is -1.51. The zero-order valence-electron chi connectivity index (χ0n) is 9.20. The maximum atomic E-state index is 5.72. The van der Waals surface area contributed by atoms with Crippen molar-refractivity contribution in [2.45, 2.75) is 19.4 Å². The number of aliphatic imine (C=N–C) groups is 1. The molecule has 0 radical (unpaired) electrons. The van der Waals surface area contributed by atoms with Gasteiger partial charge in [-0.1, -0.05) is 44.2 Å². The van der Waals surface area contributed by atoms with Gasteiger partial charge in [0.25, 0.3) is 0 Å². The van der Waals surface area contributed by atoms with Gasteiger partial charge in [0.1, 0.15) is 0 Å². The maximum absolute atomic E-state index is 5.72. The van der Waals surface area contributed by atoms with Gasteiger partial charge >= 0.3 is 0 Å². The fourth-order valence-corrected chi connectivity index (χ4v) is 2.08. The van der Waals surface area contributed by atoms with Crippen LogP contribution < -0.4 is 11.1 Å². The first-order valence-electron chi connectivity index (χ1n) is 5.29. The van der Waals surface area contributed by atoms with E-state index in [1.807, 2.05) is 6.07 Å². The molecule has 1 aromatic rings. The lowest BCUT2D eigenvalue weighted by Gasteiger charge is -2.34. The third kappa shape index (κ3) is 1.58. The Morgan fingerprint density at radius 3 is 2.47 bits per heavy atom. The molecule has 0 saturated carbocycles. The molecule has 80 valence electrons. The van der Waals surface area contributed by atoms with Crippen LogP contribution in [0.3, 0.4) is 0 Å². The van der Waals surface area contributed by atoms with E-state index in [1.165, 1.54) is 5.56 Å². The van der Waals surface area contributed by atoms with Crippen LogP contribution in [-0.2, 0) is 5.54 Å². The lowest BCUT2D eigenvalue weighted by molar-refractivity contribution is 0.307. The quantitative estimate of drug-likeness (QED) is 0.764. The highest BCUT2D eigenvalue weighted by Gasteiger charge is 2.39. The van der Waals surface area contributed by atoms with Crippen molar-refractivity contribution >= 4 is 5.96 Å². The Balaban J connectivity index is 2.38. The van der Waals surface area contributed by atoms with Crippen LogP contribution in [-0.4, -0.2) is 12.5 Å². The summed E-state index contributed by atoms with van der Waals surface area (Å²) < 4.78 is 0. The molecule has 0 bridgehead atoms. The summed E-state index contributed by atoms with van der Waals surface area (Å²) in [5.74, 6) is 0.997. The number of hydrogen-bond donors (Lipinski definition) is 2. The highest BCUT2D eigenvalue weighted by Crippen LogP contribution is 2.32. The number of hydrogen-bond acceptors (Lipinski definition) is 3. The Labute approximate surface area is 90.4 Å². The van der Waals surface area contributed by atoms with E-state index >= 15 is 0 Å². The molecule has 3 heteroatoms. The molecule has 0 aromatic heterocycles. The molecule has 0 fully saturated rings. The van der Waals surface area contributed by atoms with E-state index in [-0.39, 0.29) is 5.54 Å². The Morgan fingerprint density at radius 1 is 1.33 bits per heavy atom. The van der Waals surface area contributed by atoms with Crippen molar-refractivity contribution in [1.29, 1.82) is 0 Å². The first-order chi connectivity index (χ1) is 7.15. The van der Waals surface area contributed by atoms with Gasteiger partial charge in [-0.05, 0) is 11.5 Å². The lowest BCUT2D eigenvalue weighted by atomic mass is 9.80. The predicted molar refractivity (Wildman–Crippen MR) is 62.6 cm³/mol. The number of rotatable bonds is 2. The SMILES string of the molecule is CC(C)C1(c2ccccc2)CN=C(N)N1. The van der Waals surface area contributed by atoms with Crippen molar-refractivity contribution in [3.05, 3.63) is 35.9 Å². The molecule has 1 aliphatic rings. The number of nitrogens with two attached hydrogens (primary N) is 1. The summed E-state index contributed by atoms with van der Waals surface area (Å²) in [5.41, 5.74) is 6.86. The van der Waals surface area contributed by atoms with Crippen LogP contribution in [0.5, 0.6) is 0 Å². The van der Waals surface area contributed by atoms with Crippen molar-refractivity contribution in [2.75, 3.05) is 6.54 Å². The largest absolute Gasteiger partial charge is 0.370 e. The first kappa shape index (κ1) is 10.0. The molecule has 0 spiro atoms. The fraction of sp³-hybridized carbons (Fsp3) is 0.417. The minimum absolute atomic E-state index is 0.120. The predicted octanol–water partition coefficient (Wildman–Crippen LogP) is 1.46. The Bertz CT molecular complexity index is 370. The monoisotopic (exact) mass is 203 g/mol. The molecule has 2 rings (SSSR count). The van der Waals surface area contributed by atoms with E-state index in [4.69, 9.17) is 5.73 Å². The standard InChI is InChI=1S/C12H17N3/c1-9(2)12(8-14-11(13)15-12)10-6-4-3-5-7-10/h3-7,9H,8H2,1-2H3,(H3,13,14,15). The van der Waals surface area contributed by atoms with Gasteiger partial charge in [-0.3, -0.25) is 4.99 Å². The molecule has 0 aliphatic carbocycles. The Morgan fingerprint density at radius 2 is 2.00 bits per heavy atom. The minimum atomic E-state index is -0.120. The Kier molecular flexibility index (Phi) is 2.39. The third-order valence-electron chi connectivity index (χ3n) is 3.12. The summed E-state index contributed by atoms with van der Waals surface area (Å²) in [6.07, 6.45) is 0. The highest BCUT2D eigenvalue weighted by molar-refractivity contribution is 5.81. The number of benzene rings is 1. The molecular weight excluding hydrogens is 186 g/mol. The fourth-order valence-electron chi connectivity index (χ4n) is 2.08. The number of guanidine groups is 1. The average molecular weight is 203 g/mol. The number of nitrogens with zero attached hydrogens (tertiary/aromatic N) is 1. The van der Waals surface area contributed by atoms with Gasteiger partial charge < -0.3 is 11.1 Å². The summed E-state index contributed by atoms with van der Waals surface area (Å²) in [6, 6.07) is 10.4. The smallest absolute Gasteiger partial charge is 0.189 e. The van der Waals surface area contributed by atoms with Crippen LogP contribution in [0.15, 0.2) is 35.3 Å². The second kappa shape index (κ2) is 3.57. The van der Waals surface area contributed by atoms with Crippen LogP contribution in [0.4, 0.5) is 0 Å². The van der Waals surface area contributed by atoms with E-state index in [0.29, 0.717) is 11.9 Å². The summed E-state index contributed by atoms with van der Waals surface area (Å²) in [7, 11) is 0. The minimum Gasteiger partial charge on any atom is -0.370 e. The molecule has 3 N–H and O–H groups in total. The second-order valence-electron chi connectivity index (χ2n) is 4.32. The van der Waals surface area contributed by atoms with Gasteiger partial charge in [0, 0.05) is 0 Å².